The maximum atomic E-state index is 3.91. The zero-order valence-corrected chi connectivity index (χ0v) is 7.51. The number of rotatable bonds is 2. The number of aryl methyl sites for hydroxylation is 1. The van der Waals surface area contributed by atoms with E-state index < -0.39 is 0 Å². The first-order valence-corrected chi connectivity index (χ1v) is 4.36. The average Bonchev–Trinajstić information content (AvgIpc) is 2.71. The molecule has 13 heavy (non-hydrogen) atoms. The Labute approximate surface area is 78.5 Å². The van der Waals surface area contributed by atoms with Crippen molar-refractivity contribution >= 4 is 0 Å². The number of hydrogen-bond donors (Lipinski definition) is 0. The third-order valence-electron chi connectivity index (χ3n) is 2.03. The minimum Gasteiger partial charge on any atom is -0.221 e. The smallest absolute Gasteiger partial charge is 0.0697 e. The topological polar surface area (TPSA) is 30.7 Å². The summed E-state index contributed by atoms with van der Waals surface area (Å²) in [6.45, 7) is 2.14. The van der Waals surface area contributed by atoms with Crippen LogP contribution in [0.25, 0.3) is 5.69 Å². The van der Waals surface area contributed by atoms with Crippen LogP contribution in [0.2, 0.25) is 0 Å². The lowest BCUT2D eigenvalue weighted by Gasteiger charge is -2.00. The van der Waals surface area contributed by atoms with Crippen LogP contribution in [-0.2, 0) is 6.42 Å². The maximum Gasteiger partial charge on any atom is 0.0697 e. The molecule has 0 fully saturated rings. The quantitative estimate of drug-likeness (QED) is 0.701. The van der Waals surface area contributed by atoms with E-state index in [0.29, 0.717) is 0 Å². The Morgan fingerprint density at radius 2 is 2.08 bits per heavy atom. The van der Waals surface area contributed by atoms with Crippen LogP contribution in [0.5, 0.6) is 0 Å². The maximum absolute atomic E-state index is 3.91. The van der Waals surface area contributed by atoms with Crippen molar-refractivity contribution in [1.82, 2.24) is 15.0 Å². The molecule has 0 aliphatic carbocycles. The van der Waals surface area contributed by atoms with Crippen LogP contribution in [-0.4, -0.2) is 15.0 Å². The Balaban J connectivity index is 0.000000980. The molecule has 0 radical (unpaired) electrons. The number of aromatic nitrogens is 3. The molecule has 3 nitrogen and oxygen atoms in total. The summed E-state index contributed by atoms with van der Waals surface area (Å²) in [5.41, 5.74) is 2.39. The van der Waals surface area contributed by atoms with Gasteiger partial charge in [-0.25, -0.2) is 4.68 Å². The third kappa shape index (κ3) is 1.59. The van der Waals surface area contributed by atoms with Gasteiger partial charge in [0.05, 0.1) is 18.1 Å². The van der Waals surface area contributed by atoms with E-state index in [1.165, 1.54) is 5.56 Å². The van der Waals surface area contributed by atoms with Gasteiger partial charge in [0, 0.05) is 1.43 Å². The van der Waals surface area contributed by atoms with Crippen molar-refractivity contribution in [1.29, 1.82) is 0 Å². The van der Waals surface area contributed by atoms with E-state index in [9.17, 15) is 0 Å². The van der Waals surface area contributed by atoms with Gasteiger partial charge in [0.1, 0.15) is 0 Å². The van der Waals surface area contributed by atoms with Crippen molar-refractivity contribution in [2.75, 3.05) is 0 Å². The lowest BCUT2D eigenvalue weighted by Crippen LogP contribution is -1.94. The van der Waals surface area contributed by atoms with Crippen LogP contribution in [0.3, 0.4) is 0 Å². The van der Waals surface area contributed by atoms with E-state index in [2.05, 4.69) is 29.4 Å². The molecule has 0 saturated heterocycles. The molecule has 68 valence electrons. The second kappa shape index (κ2) is 3.39. The van der Waals surface area contributed by atoms with Crippen LogP contribution < -0.4 is 0 Å². The summed E-state index contributed by atoms with van der Waals surface area (Å²) >= 11 is 0. The van der Waals surface area contributed by atoms with Gasteiger partial charge in [-0.2, -0.15) is 0 Å². The lowest BCUT2D eigenvalue weighted by atomic mass is 10.1. The number of nitrogens with zero attached hydrogens (tertiary/aromatic N) is 3. The van der Waals surface area contributed by atoms with Crippen molar-refractivity contribution in [3.63, 3.8) is 0 Å². The predicted octanol–water partition coefficient (Wildman–Crippen LogP) is 2.08. The molecule has 0 amide bonds. The van der Waals surface area contributed by atoms with Crippen LogP contribution in [0.1, 0.15) is 13.9 Å². The molecular formula is C10H13N3. The van der Waals surface area contributed by atoms with E-state index in [4.69, 9.17) is 0 Å². The highest BCUT2D eigenvalue weighted by Gasteiger charge is 1.95. The molecule has 2 aromatic rings. The van der Waals surface area contributed by atoms with Crippen molar-refractivity contribution in [2.24, 2.45) is 0 Å². The monoisotopic (exact) mass is 176 g/mol. The van der Waals surface area contributed by atoms with E-state index >= 15 is 0 Å². The Morgan fingerprint density at radius 3 is 2.62 bits per heavy atom. The summed E-state index contributed by atoms with van der Waals surface area (Å²) in [4.78, 5) is 0. The molecule has 0 N–H and O–H groups in total. The fourth-order valence-electron chi connectivity index (χ4n) is 1.23. The lowest BCUT2D eigenvalue weighted by molar-refractivity contribution is 0.802. The molecule has 0 aliphatic rings. The second-order valence-corrected chi connectivity index (χ2v) is 2.87. The summed E-state index contributed by atoms with van der Waals surface area (Å²) in [5.74, 6) is 0. The first-order valence-electron chi connectivity index (χ1n) is 4.36. The van der Waals surface area contributed by atoms with Crippen LogP contribution >= 0.6 is 0 Å². The van der Waals surface area contributed by atoms with Gasteiger partial charge in [0.25, 0.3) is 0 Å². The fourth-order valence-corrected chi connectivity index (χ4v) is 1.23. The third-order valence-corrected chi connectivity index (χ3v) is 2.03. The molecule has 0 saturated carbocycles. The van der Waals surface area contributed by atoms with E-state index in [1.54, 1.807) is 10.9 Å². The molecule has 3 heteroatoms. The highest BCUT2D eigenvalue weighted by Crippen LogP contribution is 2.07. The van der Waals surface area contributed by atoms with E-state index in [1.807, 2.05) is 18.3 Å². The van der Waals surface area contributed by atoms with Gasteiger partial charge in [-0.1, -0.05) is 24.3 Å². The molecular weight excluding hydrogens is 162 g/mol. The Bertz CT molecular complexity index is 367. The zero-order chi connectivity index (χ0) is 9.10. The summed E-state index contributed by atoms with van der Waals surface area (Å²) < 4.78 is 1.75. The minimum absolute atomic E-state index is 0. The SMILES string of the molecule is CCc1ccc(-n2ccnn2)cc1.[2HH]. The Morgan fingerprint density at radius 1 is 1.31 bits per heavy atom. The number of benzene rings is 1. The molecule has 0 aliphatic heterocycles. The summed E-state index contributed by atoms with van der Waals surface area (Å²) in [6.07, 6.45) is 4.58. The van der Waals surface area contributed by atoms with Crippen LogP contribution in [0.15, 0.2) is 36.7 Å². The fraction of sp³-hybridized carbons (Fsp3) is 0.200. The zero-order valence-electron chi connectivity index (χ0n) is 7.51. The average molecular weight is 176 g/mol. The van der Waals surface area contributed by atoms with E-state index in [0.717, 1.165) is 12.1 Å². The molecule has 2 rings (SSSR count). The highest BCUT2D eigenvalue weighted by molar-refractivity contribution is 5.33. The van der Waals surface area contributed by atoms with Crippen molar-refractivity contribution < 1.29 is 1.43 Å². The standard InChI is InChI=1S/C10H11N3.H2/c1-2-9-3-5-10(6-4-9)13-8-7-11-12-13;/h3-8H,2H2,1H3;1H/i;1+1. The normalized spacial score (nSPS) is 10.2. The summed E-state index contributed by atoms with van der Waals surface area (Å²) in [5, 5.41) is 7.66. The first-order chi connectivity index (χ1) is 6.40. The van der Waals surface area contributed by atoms with Gasteiger partial charge in [0.15, 0.2) is 0 Å². The van der Waals surface area contributed by atoms with Gasteiger partial charge < -0.3 is 0 Å². The van der Waals surface area contributed by atoms with Crippen LogP contribution in [0, 0.1) is 0 Å². The van der Waals surface area contributed by atoms with Crippen LogP contribution in [0.4, 0.5) is 0 Å². The molecule has 1 heterocycles. The summed E-state index contributed by atoms with van der Waals surface area (Å²) in [7, 11) is 0. The largest absolute Gasteiger partial charge is 0.221 e. The molecule has 0 spiro atoms. The first kappa shape index (κ1) is 7.98. The van der Waals surface area contributed by atoms with Gasteiger partial charge in [-0.05, 0) is 24.1 Å². The molecule has 0 unspecified atom stereocenters. The van der Waals surface area contributed by atoms with E-state index in [-0.39, 0.29) is 1.43 Å². The Kier molecular flexibility index (Phi) is 2.08. The molecule has 0 atom stereocenters. The molecule has 0 bridgehead atoms. The Hall–Kier alpha value is -1.64. The van der Waals surface area contributed by atoms with Gasteiger partial charge >= 0.3 is 0 Å². The van der Waals surface area contributed by atoms with Gasteiger partial charge in [-0.3, -0.25) is 0 Å². The summed E-state index contributed by atoms with van der Waals surface area (Å²) in [6, 6.07) is 8.31. The van der Waals surface area contributed by atoms with Crippen molar-refractivity contribution in [3.8, 4) is 5.69 Å². The number of hydrogen-bond acceptors (Lipinski definition) is 2. The van der Waals surface area contributed by atoms with Gasteiger partial charge in [0.2, 0.25) is 0 Å². The second-order valence-electron chi connectivity index (χ2n) is 2.87. The van der Waals surface area contributed by atoms with Gasteiger partial charge in [-0.15, -0.1) is 5.10 Å². The predicted molar refractivity (Wildman–Crippen MR) is 52.9 cm³/mol. The van der Waals surface area contributed by atoms with Crippen molar-refractivity contribution in [3.05, 3.63) is 42.2 Å². The molecule has 1 aromatic carbocycles. The van der Waals surface area contributed by atoms with Crippen molar-refractivity contribution in [2.45, 2.75) is 13.3 Å². The highest BCUT2D eigenvalue weighted by atomic mass is 15.4. The molecule has 1 aromatic heterocycles. The minimum atomic E-state index is 0.